The van der Waals surface area contributed by atoms with Gasteiger partial charge >= 0.3 is 0 Å². The Labute approximate surface area is 110 Å². The molecule has 17 heavy (non-hydrogen) atoms. The number of hydrogen-bond acceptors (Lipinski definition) is 2. The molecule has 0 amide bonds. The molecule has 0 aliphatic heterocycles. The third-order valence-electron chi connectivity index (χ3n) is 2.77. The van der Waals surface area contributed by atoms with Gasteiger partial charge < -0.3 is 5.73 Å². The normalized spacial score (nSPS) is 11.8. The fourth-order valence-corrected chi connectivity index (χ4v) is 2.08. The number of halogens is 1. The molecule has 0 aliphatic rings. The molecular weight excluding hydrogens is 278 g/mol. The monoisotopic (exact) mass is 293 g/mol. The zero-order valence-corrected chi connectivity index (χ0v) is 11.8. The summed E-state index contributed by atoms with van der Waals surface area (Å²) in [6.07, 6.45) is 0. The van der Waals surface area contributed by atoms with Crippen LogP contribution in [-0.2, 0) is 5.41 Å². The second-order valence-corrected chi connectivity index (χ2v) is 5.92. The highest BCUT2D eigenvalue weighted by molar-refractivity contribution is 9.10. The van der Waals surface area contributed by atoms with Crippen molar-refractivity contribution in [2.24, 2.45) is 0 Å². The number of rotatable bonds is 1. The molecule has 1 aromatic carbocycles. The highest BCUT2D eigenvalue weighted by atomic mass is 79.9. The third kappa shape index (κ3) is 2.36. The number of nitrogens with one attached hydrogen (secondary N) is 1. The van der Waals surface area contributed by atoms with Crippen molar-refractivity contribution in [1.29, 1.82) is 0 Å². The molecule has 2 rings (SSSR count). The average Bonchev–Trinajstić information content (AvgIpc) is 2.59. The Hall–Kier alpha value is -1.29. The predicted molar refractivity (Wildman–Crippen MR) is 74.8 cm³/mol. The molecule has 0 saturated heterocycles. The van der Waals surface area contributed by atoms with Gasteiger partial charge in [0, 0.05) is 5.56 Å². The van der Waals surface area contributed by atoms with E-state index < -0.39 is 0 Å². The summed E-state index contributed by atoms with van der Waals surface area (Å²) in [7, 11) is 0. The Balaban J connectivity index is 2.40. The van der Waals surface area contributed by atoms with Gasteiger partial charge in [-0.3, -0.25) is 5.10 Å². The molecule has 0 saturated carbocycles. The summed E-state index contributed by atoms with van der Waals surface area (Å²) < 4.78 is 0.820. The summed E-state index contributed by atoms with van der Waals surface area (Å²) in [5, 5.41) is 6.90. The number of anilines is 1. The zero-order chi connectivity index (χ0) is 12.6. The largest absolute Gasteiger partial charge is 0.381 e. The number of H-pyrrole nitrogens is 1. The van der Waals surface area contributed by atoms with Crippen LogP contribution in [0.5, 0.6) is 0 Å². The Morgan fingerprint density at radius 1 is 1.18 bits per heavy atom. The molecule has 1 aromatic heterocycles. The van der Waals surface area contributed by atoms with Crippen molar-refractivity contribution in [3.63, 3.8) is 0 Å². The number of nitrogens with two attached hydrogens (primary N) is 1. The van der Waals surface area contributed by atoms with Crippen LogP contribution in [0, 0.1) is 0 Å². The number of nitrogens with zero attached hydrogens (tertiary/aromatic N) is 1. The van der Waals surface area contributed by atoms with Crippen molar-refractivity contribution < 1.29 is 0 Å². The summed E-state index contributed by atoms with van der Waals surface area (Å²) in [5.41, 5.74) is 9.16. The molecule has 0 radical (unpaired) electrons. The number of nitrogen functional groups attached to an aromatic ring is 1. The fourth-order valence-electron chi connectivity index (χ4n) is 1.67. The van der Waals surface area contributed by atoms with Gasteiger partial charge in [-0.25, -0.2) is 0 Å². The van der Waals surface area contributed by atoms with E-state index in [2.05, 4.69) is 71.2 Å². The molecule has 90 valence electrons. The molecule has 3 N–H and O–H groups in total. The minimum atomic E-state index is 0.169. The van der Waals surface area contributed by atoms with E-state index in [0.717, 1.165) is 15.7 Å². The first-order valence-electron chi connectivity index (χ1n) is 5.50. The van der Waals surface area contributed by atoms with Gasteiger partial charge in [-0.05, 0) is 26.9 Å². The molecule has 0 aliphatic carbocycles. The lowest BCUT2D eigenvalue weighted by atomic mass is 9.86. The van der Waals surface area contributed by atoms with E-state index >= 15 is 0 Å². The Kier molecular flexibility index (Phi) is 3.00. The first kappa shape index (κ1) is 12.2. The van der Waals surface area contributed by atoms with Gasteiger partial charge in [-0.1, -0.05) is 45.0 Å². The third-order valence-corrected chi connectivity index (χ3v) is 3.57. The lowest BCUT2D eigenvalue weighted by Gasteiger charge is -2.19. The van der Waals surface area contributed by atoms with Crippen molar-refractivity contribution in [3.8, 4) is 11.3 Å². The lowest BCUT2D eigenvalue weighted by molar-refractivity contribution is 0.590. The van der Waals surface area contributed by atoms with Crippen LogP contribution >= 0.6 is 15.9 Å². The van der Waals surface area contributed by atoms with Gasteiger partial charge in [-0.15, -0.1) is 0 Å². The van der Waals surface area contributed by atoms with Gasteiger partial charge in [0.15, 0.2) is 5.82 Å². The Morgan fingerprint density at radius 3 is 2.18 bits per heavy atom. The number of benzene rings is 1. The van der Waals surface area contributed by atoms with Crippen molar-refractivity contribution in [2.45, 2.75) is 26.2 Å². The van der Waals surface area contributed by atoms with Crippen molar-refractivity contribution >= 4 is 21.7 Å². The Morgan fingerprint density at radius 2 is 1.76 bits per heavy atom. The summed E-state index contributed by atoms with van der Waals surface area (Å²) >= 11 is 3.43. The molecule has 4 heteroatoms. The summed E-state index contributed by atoms with van der Waals surface area (Å²) in [6, 6.07) is 8.44. The van der Waals surface area contributed by atoms with Gasteiger partial charge in [-0.2, -0.15) is 5.10 Å². The predicted octanol–water partition coefficient (Wildman–Crippen LogP) is 3.72. The van der Waals surface area contributed by atoms with E-state index in [-0.39, 0.29) is 5.41 Å². The van der Waals surface area contributed by atoms with E-state index in [0.29, 0.717) is 5.82 Å². The molecule has 2 aromatic rings. The molecular formula is C13H16BrN3. The smallest absolute Gasteiger partial charge is 0.160 e. The van der Waals surface area contributed by atoms with Crippen LogP contribution in [0.25, 0.3) is 11.3 Å². The summed E-state index contributed by atoms with van der Waals surface area (Å²) in [6.45, 7) is 6.60. The topological polar surface area (TPSA) is 54.7 Å². The minimum Gasteiger partial charge on any atom is -0.381 e. The van der Waals surface area contributed by atoms with Crippen LogP contribution in [0.4, 0.5) is 5.82 Å². The minimum absolute atomic E-state index is 0.169. The van der Waals surface area contributed by atoms with E-state index in [1.807, 2.05) is 0 Å². The first-order chi connectivity index (χ1) is 7.89. The van der Waals surface area contributed by atoms with Gasteiger partial charge in [0.2, 0.25) is 0 Å². The van der Waals surface area contributed by atoms with Gasteiger partial charge in [0.05, 0.1) is 10.2 Å². The van der Waals surface area contributed by atoms with E-state index in [4.69, 9.17) is 5.73 Å². The molecule has 0 spiro atoms. The van der Waals surface area contributed by atoms with Crippen LogP contribution in [0.3, 0.4) is 0 Å². The number of aromatic nitrogens is 2. The highest BCUT2D eigenvalue weighted by Crippen LogP contribution is 2.31. The number of aromatic amines is 1. The van der Waals surface area contributed by atoms with Crippen LogP contribution in [-0.4, -0.2) is 10.2 Å². The van der Waals surface area contributed by atoms with Gasteiger partial charge in [0.25, 0.3) is 0 Å². The maximum absolute atomic E-state index is 5.69. The van der Waals surface area contributed by atoms with Crippen molar-refractivity contribution in [3.05, 3.63) is 34.3 Å². The van der Waals surface area contributed by atoms with Crippen molar-refractivity contribution in [2.75, 3.05) is 5.73 Å². The van der Waals surface area contributed by atoms with E-state index in [9.17, 15) is 0 Å². The van der Waals surface area contributed by atoms with Crippen LogP contribution in [0.2, 0.25) is 0 Å². The fraction of sp³-hybridized carbons (Fsp3) is 0.308. The summed E-state index contributed by atoms with van der Waals surface area (Å²) in [5.74, 6) is 0.486. The van der Waals surface area contributed by atoms with Crippen LogP contribution < -0.4 is 5.73 Å². The maximum Gasteiger partial charge on any atom is 0.160 e. The molecule has 0 bridgehead atoms. The number of hydrogen-bond donors (Lipinski definition) is 2. The average molecular weight is 294 g/mol. The molecule has 3 nitrogen and oxygen atoms in total. The lowest BCUT2D eigenvalue weighted by Crippen LogP contribution is -2.10. The SMILES string of the molecule is CC(C)(C)c1ccc(-c2[nH]nc(N)c2Br)cc1. The van der Waals surface area contributed by atoms with Crippen LogP contribution in [0.15, 0.2) is 28.7 Å². The molecule has 0 atom stereocenters. The Bertz CT molecular complexity index is 521. The molecule has 0 fully saturated rings. The second kappa shape index (κ2) is 4.18. The first-order valence-corrected chi connectivity index (χ1v) is 6.29. The second-order valence-electron chi connectivity index (χ2n) is 5.13. The zero-order valence-electron chi connectivity index (χ0n) is 10.2. The van der Waals surface area contributed by atoms with Crippen LogP contribution in [0.1, 0.15) is 26.3 Å². The van der Waals surface area contributed by atoms with Gasteiger partial charge in [0.1, 0.15) is 0 Å². The van der Waals surface area contributed by atoms with E-state index in [1.54, 1.807) is 0 Å². The van der Waals surface area contributed by atoms with E-state index in [1.165, 1.54) is 5.56 Å². The molecule has 0 unspecified atom stereocenters. The molecule has 1 heterocycles. The standard InChI is InChI=1S/C13H16BrN3/c1-13(2,3)9-6-4-8(5-7-9)11-10(14)12(15)17-16-11/h4-7H,1-3H3,(H3,15,16,17). The summed E-state index contributed by atoms with van der Waals surface area (Å²) in [4.78, 5) is 0. The maximum atomic E-state index is 5.69. The van der Waals surface area contributed by atoms with Crippen molar-refractivity contribution in [1.82, 2.24) is 10.2 Å². The quantitative estimate of drug-likeness (QED) is 0.842. The highest BCUT2D eigenvalue weighted by Gasteiger charge is 2.14.